The van der Waals surface area contributed by atoms with Crippen molar-refractivity contribution in [2.24, 2.45) is 0 Å². The summed E-state index contributed by atoms with van der Waals surface area (Å²) < 4.78 is 4.69. The number of urea groups is 1. The summed E-state index contributed by atoms with van der Waals surface area (Å²) >= 11 is 0. The Kier molecular flexibility index (Phi) is 8.95. The van der Waals surface area contributed by atoms with Crippen LogP contribution in [-0.4, -0.2) is 67.9 Å². The minimum Gasteiger partial charge on any atom is -0.479 e. The van der Waals surface area contributed by atoms with Crippen molar-refractivity contribution in [3.63, 3.8) is 0 Å². The number of hydrogen-bond acceptors (Lipinski definition) is 4. The summed E-state index contributed by atoms with van der Waals surface area (Å²) in [4.78, 5) is 24.2. The van der Waals surface area contributed by atoms with E-state index in [9.17, 15) is 9.59 Å². The van der Waals surface area contributed by atoms with E-state index >= 15 is 0 Å². The number of carbonyl (C=O) groups is 2. The lowest BCUT2D eigenvalue weighted by atomic mass is 10.3. The molecule has 0 saturated carbocycles. The Morgan fingerprint density at radius 1 is 1.28 bits per heavy atom. The van der Waals surface area contributed by atoms with E-state index in [2.05, 4.69) is 34.1 Å². The third-order valence-electron chi connectivity index (χ3n) is 2.62. The molecular formula is C11H23N3O4. The summed E-state index contributed by atoms with van der Waals surface area (Å²) in [6, 6.07) is -0.384. The van der Waals surface area contributed by atoms with Gasteiger partial charge in [-0.2, -0.15) is 0 Å². The largest absolute Gasteiger partial charge is 0.479 e. The van der Waals surface area contributed by atoms with Gasteiger partial charge in [0.15, 0.2) is 6.10 Å². The number of carboxylic acids is 1. The van der Waals surface area contributed by atoms with Crippen LogP contribution in [0, 0.1) is 0 Å². The van der Waals surface area contributed by atoms with Crippen molar-refractivity contribution in [3.05, 3.63) is 0 Å². The predicted octanol–water partition coefficient (Wildman–Crippen LogP) is -0.273. The van der Waals surface area contributed by atoms with Crippen molar-refractivity contribution in [3.8, 4) is 0 Å². The molecule has 2 amide bonds. The van der Waals surface area contributed by atoms with Gasteiger partial charge in [-0.05, 0) is 13.1 Å². The van der Waals surface area contributed by atoms with Gasteiger partial charge >= 0.3 is 12.0 Å². The second kappa shape index (κ2) is 9.67. The molecule has 18 heavy (non-hydrogen) atoms. The Labute approximate surface area is 107 Å². The van der Waals surface area contributed by atoms with Crippen LogP contribution in [0.4, 0.5) is 4.79 Å². The first-order chi connectivity index (χ1) is 8.54. The van der Waals surface area contributed by atoms with Crippen LogP contribution in [-0.2, 0) is 9.53 Å². The topological polar surface area (TPSA) is 90.9 Å². The number of hydrogen-bond donors (Lipinski definition) is 3. The summed E-state index contributed by atoms with van der Waals surface area (Å²) in [5.74, 6) is -1.10. The SMILES string of the molecule is CCN(CC)CCNC(=O)NCC(OC)C(=O)O. The lowest BCUT2D eigenvalue weighted by Crippen LogP contribution is -2.44. The minimum atomic E-state index is -1.10. The van der Waals surface area contributed by atoms with E-state index in [0.717, 1.165) is 19.6 Å². The molecule has 106 valence electrons. The highest BCUT2D eigenvalue weighted by Gasteiger charge is 2.16. The second-order valence-corrected chi connectivity index (χ2v) is 3.73. The van der Waals surface area contributed by atoms with E-state index in [1.54, 1.807) is 0 Å². The van der Waals surface area contributed by atoms with Gasteiger partial charge in [0, 0.05) is 20.2 Å². The van der Waals surface area contributed by atoms with Crippen molar-refractivity contribution in [1.29, 1.82) is 0 Å². The molecule has 0 heterocycles. The van der Waals surface area contributed by atoms with Crippen molar-refractivity contribution in [1.82, 2.24) is 15.5 Å². The van der Waals surface area contributed by atoms with E-state index in [4.69, 9.17) is 5.11 Å². The number of carbonyl (C=O) groups excluding carboxylic acids is 1. The highest BCUT2D eigenvalue weighted by atomic mass is 16.5. The van der Waals surface area contributed by atoms with Crippen LogP contribution in [0.15, 0.2) is 0 Å². The van der Waals surface area contributed by atoms with Gasteiger partial charge in [-0.25, -0.2) is 9.59 Å². The predicted molar refractivity (Wildman–Crippen MR) is 67.6 cm³/mol. The van der Waals surface area contributed by atoms with E-state index < -0.39 is 12.1 Å². The maximum atomic E-state index is 11.4. The molecule has 0 fully saturated rings. The van der Waals surface area contributed by atoms with Gasteiger partial charge in [0.1, 0.15) is 0 Å². The van der Waals surface area contributed by atoms with Gasteiger partial charge < -0.3 is 25.4 Å². The normalized spacial score (nSPS) is 12.2. The summed E-state index contributed by atoms with van der Waals surface area (Å²) in [7, 11) is 1.29. The van der Waals surface area contributed by atoms with Crippen molar-refractivity contribution in [2.75, 3.05) is 39.8 Å². The van der Waals surface area contributed by atoms with Crippen LogP contribution in [0.3, 0.4) is 0 Å². The Bertz CT molecular complexity index is 257. The molecule has 7 heteroatoms. The molecule has 0 aromatic carbocycles. The molecule has 1 atom stereocenters. The summed E-state index contributed by atoms with van der Waals surface area (Å²) in [6.45, 7) is 7.22. The van der Waals surface area contributed by atoms with Crippen LogP contribution < -0.4 is 10.6 Å². The molecular weight excluding hydrogens is 238 g/mol. The Hall–Kier alpha value is -1.34. The Balaban J connectivity index is 3.74. The summed E-state index contributed by atoms with van der Waals surface area (Å²) in [6.07, 6.45) is -1.02. The fourth-order valence-electron chi connectivity index (χ4n) is 1.39. The maximum absolute atomic E-state index is 11.4. The van der Waals surface area contributed by atoms with Crippen LogP contribution in [0.25, 0.3) is 0 Å². The highest BCUT2D eigenvalue weighted by Crippen LogP contribution is 1.88. The van der Waals surface area contributed by atoms with E-state index in [1.807, 2.05) is 0 Å². The van der Waals surface area contributed by atoms with Gasteiger partial charge in [0.05, 0.1) is 6.54 Å². The Morgan fingerprint density at radius 2 is 1.89 bits per heavy atom. The summed E-state index contributed by atoms with van der Waals surface area (Å²) in [5, 5.41) is 13.8. The standard InChI is InChI=1S/C11H23N3O4/c1-4-14(5-2)7-6-12-11(17)13-8-9(18-3)10(15)16/h9H,4-8H2,1-3H3,(H,15,16)(H2,12,13,17). The number of amides is 2. The van der Waals surface area contributed by atoms with Gasteiger partial charge in [-0.3, -0.25) is 0 Å². The Morgan fingerprint density at radius 3 is 2.33 bits per heavy atom. The number of ether oxygens (including phenoxy) is 1. The molecule has 0 aliphatic heterocycles. The average Bonchev–Trinajstić information content (AvgIpc) is 2.35. The van der Waals surface area contributed by atoms with Gasteiger partial charge in [-0.1, -0.05) is 13.8 Å². The third-order valence-corrected chi connectivity index (χ3v) is 2.62. The molecule has 0 aromatic rings. The van der Waals surface area contributed by atoms with Crippen LogP contribution in [0.1, 0.15) is 13.8 Å². The number of rotatable bonds is 9. The van der Waals surface area contributed by atoms with Gasteiger partial charge in [0.25, 0.3) is 0 Å². The molecule has 0 aliphatic rings. The fraction of sp³-hybridized carbons (Fsp3) is 0.818. The maximum Gasteiger partial charge on any atom is 0.334 e. The van der Waals surface area contributed by atoms with Crippen LogP contribution >= 0.6 is 0 Å². The second-order valence-electron chi connectivity index (χ2n) is 3.73. The monoisotopic (exact) mass is 261 g/mol. The number of aliphatic carboxylic acids is 1. The first-order valence-corrected chi connectivity index (χ1v) is 6.04. The van der Waals surface area contributed by atoms with Gasteiger partial charge in [0.2, 0.25) is 0 Å². The zero-order chi connectivity index (χ0) is 14.0. The van der Waals surface area contributed by atoms with Crippen molar-refractivity contribution in [2.45, 2.75) is 20.0 Å². The molecule has 0 radical (unpaired) electrons. The molecule has 1 unspecified atom stereocenters. The molecule has 0 aliphatic carbocycles. The van der Waals surface area contributed by atoms with E-state index in [1.165, 1.54) is 7.11 Å². The molecule has 0 aromatic heterocycles. The highest BCUT2D eigenvalue weighted by molar-refractivity contribution is 5.76. The molecule has 0 spiro atoms. The zero-order valence-corrected chi connectivity index (χ0v) is 11.2. The molecule has 0 saturated heterocycles. The number of carboxylic acid groups (broad SMARTS) is 1. The minimum absolute atomic E-state index is 0.0526. The van der Waals surface area contributed by atoms with E-state index in [0.29, 0.717) is 6.54 Å². The van der Waals surface area contributed by atoms with E-state index in [-0.39, 0.29) is 12.6 Å². The van der Waals surface area contributed by atoms with Crippen molar-refractivity contribution < 1.29 is 19.4 Å². The number of likely N-dealkylation sites (N-methyl/N-ethyl adjacent to an activating group) is 1. The quantitative estimate of drug-likeness (QED) is 0.531. The van der Waals surface area contributed by atoms with Crippen molar-refractivity contribution >= 4 is 12.0 Å². The lowest BCUT2D eigenvalue weighted by molar-refractivity contribution is -0.147. The molecule has 7 nitrogen and oxygen atoms in total. The smallest absolute Gasteiger partial charge is 0.334 e. The number of nitrogens with zero attached hydrogens (tertiary/aromatic N) is 1. The molecule has 0 rings (SSSR count). The molecule has 0 bridgehead atoms. The number of methoxy groups -OCH3 is 1. The van der Waals surface area contributed by atoms with Crippen LogP contribution in [0.5, 0.6) is 0 Å². The first-order valence-electron chi connectivity index (χ1n) is 6.04. The third kappa shape index (κ3) is 7.08. The average molecular weight is 261 g/mol. The summed E-state index contributed by atoms with van der Waals surface area (Å²) in [5.41, 5.74) is 0. The lowest BCUT2D eigenvalue weighted by Gasteiger charge is -2.18. The zero-order valence-electron chi connectivity index (χ0n) is 11.2. The fourth-order valence-corrected chi connectivity index (χ4v) is 1.39. The molecule has 3 N–H and O–H groups in total. The van der Waals surface area contributed by atoms with Gasteiger partial charge in [-0.15, -0.1) is 0 Å². The first kappa shape index (κ1) is 16.7. The van der Waals surface area contributed by atoms with Crippen LogP contribution in [0.2, 0.25) is 0 Å². The number of nitrogens with one attached hydrogen (secondary N) is 2.